The fraction of sp³-hybridized carbons (Fsp3) is 0.571. The Kier molecular flexibility index (Phi) is 9.05. The molecule has 29 heavy (non-hydrogen) atoms. The summed E-state index contributed by atoms with van der Waals surface area (Å²) in [4.78, 5) is 42.4. The van der Waals surface area contributed by atoms with Crippen molar-refractivity contribution in [1.29, 1.82) is 0 Å². The maximum absolute atomic E-state index is 13.2. The lowest BCUT2D eigenvalue weighted by molar-refractivity contribution is -0.132. The molecule has 0 bridgehead atoms. The summed E-state index contributed by atoms with van der Waals surface area (Å²) in [5, 5.41) is 2.61. The van der Waals surface area contributed by atoms with Crippen LogP contribution >= 0.6 is 0 Å². The van der Waals surface area contributed by atoms with Gasteiger partial charge in [0.1, 0.15) is 5.82 Å². The molecule has 1 aromatic carbocycles. The standard InChI is InChI=1S/C21H31FN4O3/c1-3-25(4-2)21(29)16-24-9-6-10-26(12-11-24)20(28)15-23-19(27)14-17-7-5-8-18(22)13-17/h5,7-8,13H,3-4,6,9-12,14-16H2,1-2H3,(H,23,27). The predicted octanol–water partition coefficient (Wildman–Crippen LogP) is 0.887. The molecule has 0 aromatic heterocycles. The van der Waals surface area contributed by atoms with E-state index >= 15 is 0 Å². The number of carbonyl (C=O) groups excluding carboxylic acids is 3. The van der Waals surface area contributed by atoms with E-state index in [2.05, 4.69) is 10.2 Å². The van der Waals surface area contributed by atoms with Gasteiger partial charge in [-0.3, -0.25) is 19.3 Å². The van der Waals surface area contributed by atoms with E-state index in [0.717, 1.165) is 13.0 Å². The van der Waals surface area contributed by atoms with E-state index in [-0.39, 0.29) is 36.5 Å². The number of nitrogens with one attached hydrogen (secondary N) is 1. The van der Waals surface area contributed by atoms with Crippen LogP contribution in [0.5, 0.6) is 0 Å². The number of halogens is 1. The Morgan fingerprint density at radius 1 is 1.10 bits per heavy atom. The quantitative estimate of drug-likeness (QED) is 0.696. The Morgan fingerprint density at radius 2 is 1.86 bits per heavy atom. The van der Waals surface area contributed by atoms with Crippen LogP contribution in [-0.4, -0.2) is 84.8 Å². The van der Waals surface area contributed by atoms with Crippen LogP contribution in [0.2, 0.25) is 0 Å². The molecule has 1 heterocycles. The minimum atomic E-state index is -0.389. The van der Waals surface area contributed by atoms with Gasteiger partial charge in [-0.25, -0.2) is 4.39 Å². The van der Waals surface area contributed by atoms with E-state index in [1.807, 2.05) is 18.7 Å². The average Bonchev–Trinajstić information content (AvgIpc) is 2.93. The van der Waals surface area contributed by atoms with Crippen LogP contribution < -0.4 is 5.32 Å². The van der Waals surface area contributed by atoms with E-state index in [1.165, 1.54) is 12.1 Å². The molecular weight excluding hydrogens is 375 g/mol. The Labute approximate surface area is 171 Å². The zero-order valence-electron chi connectivity index (χ0n) is 17.3. The molecule has 8 heteroatoms. The molecule has 7 nitrogen and oxygen atoms in total. The van der Waals surface area contributed by atoms with Gasteiger partial charge in [-0.15, -0.1) is 0 Å². The van der Waals surface area contributed by atoms with Gasteiger partial charge in [0, 0.05) is 39.3 Å². The number of hydrogen-bond acceptors (Lipinski definition) is 4. The van der Waals surface area contributed by atoms with Crippen molar-refractivity contribution >= 4 is 17.7 Å². The minimum Gasteiger partial charge on any atom is -0.347 e. The monoisotopic (exact) mass is 406 g/mol. The molecule has 0 radical (unpaired) electrons. The molecule has 1 aromatic rings. The highest BCUT2D eigenvalue weighted by Gasteiger charge is 2.22. The summed E-state index contributed by atoms with van der Waals surface area (Å²) in [6.45, 7) is 8.16. The van der Waals surface area contributed by atoms with Crippen LogP contribution in [-0.2, 0) is 20.8 Å². The van der Waals surface area contributed by atoms with Crippen LogP contribution in [0.1, 0.15) is 25.8 Å². The summed E-state index contributed by atoms with van der Waals surface area (Å²) in [5.41, 5.74) is 0.568. The molecule has 2 rings (SSSR count). The fourth-order valence-corrected chi connectivity index (χ4v) is 3.43. The van der Waals surface area contributed by atoms with Gasteiger partial charge in [0.25, 0.3) is 0 Å². The molecule has 3 amide bonds. The molecule has 1 aliphatic heterocycles. The zero-order chi connectivity index (χ0) is 21.2. The zero-order valence-corrected chi connectivity index (χ0v) is 17.3. The number of likely N-dealkylation sites (N-methyl/N-ethyl adjacent to an activating group) is 1. The Balaban J connectivity index is 1.75. The lowest BCUT2D eigenvalue weighted by Gasteiger charge is -2.25. The lowest BCUT2D eigenvalue weighted by atomic mass is 10.1. The smallest absolute Gasteiger partial charge is 0.242 e. The van der Waals surface area contributed by atoms with Gasteiger partial charge in [0.15, 0.2) is 0 Å². The second-order valence-electron chi connectivity index (χ2n) is 7.16. The molecular formula is C21H31FN4O3. The molecule has 1 saturated heterocycles. The van der Waals surface area contributed by atoms with Gasteiger partial charge in [-0.1, -0.05) is 12.1 Å². The first kappa shape index (κ1) is 22.8. The van der Waals surface area contributed by atoms with Crippen molar-refractivity contribution in [1.82, 2.24) is 20.0 Å². The van der Waals surface area contributed by atoms with E-state index in [1.54, 1.807) is 17.0 Å². The summed E-state index contributed by atoms with van der Waals surface area (Å²) in [6.07, 6.45) is 0.820. The first-order valence-electron chi connectivity index (χ1n) is 10.2. The molecule has 1 fully saturated rings. The molecule has 0 unspecified atom stereocenters. The maximum atomic E-state index is 13.2. The van der Waals surface area contributed by atoms with Gasteiger partial charge in [-0.05, 0) is 38.0 Å². The number of amides is 3. The summed E-state index contributed by atoms with van der Waals surface area (Å²) in [6, 6.07) is 5.86. The molecule has 0 aliphatic carbocycles. The van der Waals surface area contributed by atoms with Crippen LogP contribution in [0.15, 0.2) is 24.3 Å². The maximum Gasteiger partial charge on any atom is 0.242 e. The van der Waals surface area contributed by atoms with Crippen molar-refractivity contribution in [3.8, 4) is 0 Å². The number of hydrogen-bond donors (Lipinski definition) is 1. The number of benzene rings is 1. The van der Waals surface area contributed by atoms with Crippen molar-refractivity contribution < 1.29 is 18.8 Å². The van der Waals surface area contributed by atoms with Gasteiger partial charge in [0.2, 0.25) is 17.7 Å². The highest BCUT2D eigenvalue weighted by Crippen LogP contribution is 2.06. The van der Waals surface area contributed by atoms with Crippen molar-refractivity contribution in [3.05, 3.63) is 35.6 Å². The van der Waals surface area contributed by atoms with Gasteiger partial charge in [0.05, 0.1) is 19.5 Å². The largest absolute Gasteiger partial charge is 0.347 e. The fourth-order valence-electron chi connectivity index (χ4n) is 3.43. The second kappa shape index (κ2) is 11.5. The Hall–Kier alpha value is -2.48. The van der Waals surface area contributed by atoms with Crippen LogP contribution in [0.4, 0.5) is 4.39 Å². The summed E-state index contributed by atoms with van der Waals surface area (Å²) >= 11 is 0. The van der Waals surface area contributed by atoms with Crippen LogP contribution in [0, 0.1) is 5.82 Å². The lowest BCUT2D eigenvalue weighted by Crippen LogP contribution is -2.43. The van der Waals surface area contributed by atoms with Crippen molar-refractivity contribution in [3.63, 3.8) is 0 Å². The SMILES string of the molecule is CCN(CC)C(=O)CN1CCCN(C(=O)CNC(=O)Cc2cccc(F)c2)CC1. The minimum absolute atomic E-state index is 0.0340. The topological polar surface area (TPSA) is 73.0 Å². The summed E-state index contributed by atoms with van der Waals surface area (Å²) in [7, 11) is 0. The van der Waals surface area contributed by atoms with Crippen LogP contribution in [0.25, 0.3) is 0 Å². The third-order valence-electron chi connectivity index (χ3n) is 5.11. The first-order chi connectivity index (χ1) is 13.9. The number of nitrogens with zero attached hydrogens (tertiary/aromatic N) is 3. The van der Waals surface area contributed by atoms with Crippen molar-refractivity contribution in [2.24, 2.45) is 0 Å². The molecule has 0 saturated carbocycles. The van der Waals surface area contributed by atoms with Gasteiger partial charge < -0.3 is 15.1 Å². The molecule has 1 aliphatic rings. The third-order valence-corrected chi connectivity index (χ3v) is 5.11. The first-order valence-corrected chi connectivity index (χ1v) is 10.2. The van der Waals surface area contributed by atoms with Crippen molar-refractivity contribution in [2.45, 2.75) is 26.7 Å². The van der Waals surface area contributed by atoms with E-state index < -0.39 is 0 Å². The molecule has 0 spiro atoms. The Morgan fingerprint density at radius 3 is 2.55 bits per heavy atom. The van der Waals surface area contributed by atoms with Gasteiger partial charge >= 0.3 is 0 Å². The average molecular weight is 407 g/mol. The highest BCUT2D eigenvalue weighted by molar-refractivity contribution is 5.85. The molecule has 1 N–H and O–H groups in total. The number of carbonyl (C=O) groups is 3. The molecule has 160 valence electrons. The van der Waals surface area contributed by atoms with Crippen LogP contribution in [0.3, 0.4) is 0 Å². The predicted molar refractivity (Wildman–Crippen MR) is 109 cm³/mol. The third kappa shape index (κ3) is 7.45. The van der Waals surface area contributed by atoms with Gasteiger partial charge in [-0.2, -0.15) is 0 Å². The van der Waals surface area contributed by atoms with E-state index in [9.17, 15) is 18.8 Å². The summed E-state index contributed by atoms with van der Waals surface area (Å²) in [5.74, 6) is -0.737. The normalized spacial score (nSPS) is 14.9. The van der Waals surface area contributed by atoms with E-state index in [4.69, 9.17) is 0 Å². The summed E-state index contributed by atoms with van der Waals surface area (Å²) < 4.78 is 13.2. The molecule has 0 atom stereocenters. The van der Waals surface area contributed by atoms with Crippen molar-refractivity contribution in [2.75, 3.05) is 52.4 Å². The number of rotatable bonds is 8. The van der Waals surface area contributed by atoms with E-state index in [0.29, 0.717) is 44.8 Å². The second-order valence-corrected chi connectivity index (χ2v) is 7.16. The Bertz CT molecular complexity index is 709. The highest BCUT2D eigenvalue weighted by atomic mass is 19.1.